The van der Waals surface area contributed by atoms with Crippen LogP contribution < -0.4 is 10.6 Å². The Hall–Kier alpha value is -1.56. The van der Waals surface area contributed by atoms with Crippen LogP contribution in [0.5, 0.6) is 0 Å². The maximum absolute atomic E-state index is 6.37. The lowest BCUT2D eigenvalue weighted by molar-refractivity contribution is 0.146. The van der Waals surface area contributed by atoms with Gasteiger partial charge in [-0.25, -0.2) is 0 Å². The summed E-state index contributed by atoms with van der Waals surface area (Å²) in [6.45, 7) is 6.95. The third-order valence-electron chi connectivity index (χ3n) is 4.83. The summed E-state index contributed by atoms with van der Waals surface area (Å²) >= 11 is 11.9. The average molecular weight is 392 g/mol. The molecule has 26 heavy (non-hydrogen) atoms. The van der Waals surface area contributed by atoms with Crippen LogP contribution in [0.25, 0.3) is 0 Å². The second-order valence-corrected chi connectivity index (χ2v) is 7.72. The van der Waals surface area contributed by atoms with Crippen LogP contribution in [0.4, 0.5) is 5.69 Å². The lowest BCUT2D eigenvalue weighted by Gasteiger charge is -2.33. The van der Waals surface area contributed by atoms with Gasteiger partial charge < -0.3 is 15.1 Å². The van der Waals surface area contributed by atoms with Crippen LogP contribution in [0.2, 0.25) is 5.02 Å². The van der Waals surface area contributed by atoms with E-state index in [1.54, 1.807) is 6.26 Å². The highest BCUT2D eigenvalue weighted by molar-refractivity contribution is 7.80. The summed E-state index contributed by atoms with van der Waals surface area (Å²) < 4.78 is 5.68. The number of hydrogen-bond donors (Lipinski definition) is 2. The van der Waals surface area contributed by atoms with Crippen molar-refractivity contribution in [1.29, 1.82) is 0 Å². The number of likely N-dealkylation sites (tertiary alicyclic amines) is 1. The molecule has 2 N–H and O–H groups in total. The molecule has 0 spiro atoms. The average Bonchev–Trinajstić information content (AvgIpc) is 3.13. The molecule has 1 aliphatic heterocycles. The first kappa shape index (κ1) is 19.2. The first-order valence-electron chi connectivity index (χ1n) is 9.13. The highest BCUT2D eigenvalue weighted by Gasteiger charge is 2.24. The minimum absolute atomic E-state index is 0.180. The number of thiocarbonyl (C=S) groups is 1. The number of anilines is 1. The molecule has 3 rings (SSSR count). The summed E-state index contributed by atoms with van der Waals surface area (Å²) in [5.41, 5.74) is 3.08. The van der Waals surface area contributed by atoms with E-state index in [1.165, 1.54) is 19.3 Å². The van der Waals surface area contributed by atoms with Gasteiger partial charge in [-0.15, -0.1) is 0 Å². The minimum atomic E-state index is 0.180. The fraction of sp³-hybridized carbons (Fsp3) is 0.450. The van der Waals surface area contributed by atoms with Gasteiger partial charge in [0.15, 0.2) is 5.11 Å². The zero-order chi connectivity index (χ0) is 18.5. The molecule has 0 amide bonds. The highest BCUT2D eigenvalue weighted by atomic mass is 35.5. The lowest BCUT2D eigenvalue weighted by Crippen LogP contribution is -2.41. The molecule has 1 aromatic carbocycles. The van der Waals surface area contributed by atoms with E-state index in [1.807, 2.05) is 32.0 Å². The summed E-state index contributed by atoms with van der Waals surface area (Å²) in [5.74, 6) is 0.978. The van der Waals surface area contributed by atoms with Crippen LogP contribution >= 0.6 is 23.8 Å². The molecule has 1 atom stereocenters. The Kier molecular flexibility index (Phi) is 6.57. The van der Waals surface area contributed by atoms with E-state index >= 15 is 0 Å². The van der Waals surface area contributed by atoms with E-state index in [4.69, 9.17) is 28.2 Å². The number of benzene rings is 1. The molecule has 140 valence electrons. The second kappa shape index (κ2) is 8.89. The minimum Gasteiger partial charge on any atom is -0.468 e. The van der Waals surface area contributed by atoms with Gasteiger partial charge in [-0.2, -0.15) is 0 Å². The summed E-state index contributed by atoms with van der Waals surface area (Å²) in [6.07, 6.45) is 5.51. The fourth-order valence-electron chi connectivity index (χ4n) is 3.54. The molecule has 1 aliphatic rings. The third kappa shape index (κ3) is 4.78. The molecule has 1 saturated heterocycles. The topological polar surface area (TPSA) is 40.4 Å². The number of aryl methyl sites for hydroxylation is 2. The van der Waals surface area contributed by atoms with Crippen molar-refractivity contribution in [3.63, 3.8) is 0 Å². The standard InChI is InChI=1S/C20H26ClN3OS/c1-14-11-15(2)19(16(21)12-14)23-20(26)22-13-17(18-7-6-10-25-18)24-8-4-3-5-9-24/h6-7,10-12,17H,3-5,8-9,13H2,1-2H3,(H2,22,23,26)/t17-/m0/s1. The van der Waals surface area contributed by atoms with Crippen molar-refractivity contribution in [2.24, 2.45) is 0 Å². The maximum atomic E-state index is 6.37. The molecule has 0 aliphatic carbocycles. The predicted molar refractivity (Wildman–Crippen MR) is 112 cm³/mol. The smallest absolute Gasteiger partial charge is 0.170 e. The van der Waals surface area contributed by atoms with Crippen molar-refractivity contribution < 1.29 is 4.42 Å². The van der Waals surface area contributed by atoms with E-state index in [0.29, 0.717) is 16.7 Å². The summed E-state index contributed by atoms with van der Waals surface area (Å²) in [5, 5.41) is 7.86. The van der Waals surface area contributed by atoms with Crippen molar-refractivity contribution in [2.75, 3.05) is 25.0 Å². The van der Waals surface area contributed by atoms with Crippen molar-refractivity contribution >= 4 is 34.6 Å². The first-order valence-corrected chi connectivity index (χ1v) is 9.92. The Balaban J connectivity index is 1.64. The predicted octanol–water partition coefficient (Wildman–Crippen LogP) is 5.06. The normalized spacial score (nSPS) is 16.3. The van der Waals surface area contributed by atoms with E-state index in [2.05, 4.69) is 21.6 Å². The number of halogens is 1. The molecule has 1 fully saturated rings. The Morgan fingerprint density at radius 2 is 2.04 bits per heavy atom. The monoisotopic (exact) mass is 391 g/mol. The van der Waals surface area contributed by atoms with Crippen LogP contribution in [-0.4, -0.2) is 29.6 Å². The molecule has 0 bridgehead atoms. The second-order valence-electron chi connectivity index (χ2n) is 6.90. The number of nitrogens with zero attached hydrogens (tertiary/aromatic N) is 1. The fourth-order valence-corrected chi connectivity index (χ4v) is 4.10. The van der Waals surface area contributed by atoms with Crippen molar-refractivity contribution in [3.05, 3.63) is 52.4 Å². The largest absolute Gasteiger partial charge is 0.468 e. The van der Waals surface area contributed by atoms with Crippen LogP contribution in [0, 0.1) is 13.8 Å². The van der Waals surface area contributed by atoms with Crippen LogP contribution in [0.1, 0.15) is 42.2 Å². The summed E-state index contributed by atoms with van der Waals surface area (Å²) in [4.78, 5) is 2.47. The van der Waals surface area contributed by atoms with Gasteiger partial charge in [0.2, 0.25) is 0 Å². The maximum Gasteiger partial charge on any atom is 0.170 e. The zero-order valence-electron chi connectivity index (χ0n) is 15.3. The van der Waals surface area contributed by atoms with Gasteiger partial charge in [0.05, 0.1) is 23.0 Å². The Morgan fingerprint density at radius 1 is 1.27 bits per heavy atom. The molecule has 4 nitrogen and oxygen atoms in total. The van der Waals surface area contributed by atoms with E-state index in [9.17, 15) is 0 Å². The van der Waals surface area contributed by atoms with Gasteiger partial charge in [0.1, 0.15) is 5.76 Å². The van der Waals surface area contributed by atoms with E-state index in [0.717, 1.165) is 35.7 Å². The first-order chi connectivity index (χ1) is 12.5. The zero-order valence-corrected chi connectivity index (χ0v) is 16.9. The van der Waals surface area contributed by atoms with Gasteiger partial charge in [-0.05, 0) is 81.3 Å². The molecule has 6 heteroatoms. The van der Waals surface area contributed by atoms with Crippen molar-refractivity contribution in [1.82, 2.24) is 10.2 Å². The molecule has 0 radical (unpaired) electrons. The summed E-state index contributed by atoms with van der Waals surface area (Å²) in [6, 6.07) is 8.20. The molecular formula is C20H26ClN3OS. The lowest BCUT2D eigenvalue weighted by atomic mass is 10.1. The molecule has 1 aromatic heterocycles. The van der Waals surface area contributed by atoms with Gasteiger partial charge in [0, 0.05) is 6.54 Å². The van der Waals surface area contributed by atoms with E-state index in [-0.39, 0.29) is 6.04 Å². The number of rotatable bonds is 5. The van der Waals surface area contributed by atoms with E-state index < -0.39 is 0 Å². The van der Waals surface area contributed by atoms with Crippen molar-refractivity contribution in [3.8, 4) is 0 Å². The number of hydrogen-bond acceptors (Lipinski definition) is 3. The molecular weight excluding hydrogens is 366 g/mol. The van der Waals surface area contributed by atoms with Gasteiger partial charge in [-0.1, -0.05) is 24.1 Å². The third-order valence-corrected chi connectivity index (χ3v) is 5.37. The van der Waals surface area contributed by atoms with Crippen LogP contribution in [0.3, 0.4) is 0 Å². The Bertz CT molecular complexity index is 719. The SMILES string of the molecule is Cc1cc(C)c(NC(=S)NC[C@@H](c2ccco2)N2CCCCC2)c(Cl)c1. The molecule has 0 unspecified atom stereocenters. The molecule has 2 heterocycles. The Labute approximate surface area is 165 Å². The van der Waals surface area contributed by atoms with Gasteiger partial charge in [-0.3, -0.25) is 4.90 Å². The van der Waals surface area contributed by atoms with Gasteiger partial charge in [0.25, 0.3) is 0 Å². The summed E-state index contributed by atoms with van der Waals surface area (Å²) in [7, 11) is 0. The number of nitrogens with one attached hydrogen (secondary N) is 2. The highest BCUT2D eigenvalue weighted by Crippen LogP contribution is 2.28. The Morgan fingerprint density at radius 3 is 2.69 bits per heavy atom. The van der Waals surface area contributed by atoms with Crippen molar-refractivity contribution in [2.45, 2.75) is 39.2 Å². The van der Waals surface area contributed by atoms with Gasteiger partial charge >= 0.3 is 0 Å². The van der Waals surface area contributed by atoms with Crippen LogP contribution in [-0.2, 0) is 0 Å². The van der Waals surface area contributed by atoms with Crippen LogP contribution in [0.15, 0.2) is 34.9 Å². The number of piperidine rings is 1. The quantitative estimate of drug-likeness (QED) is 0.697. The molecule has 2 aromatic rings. The number of furan rings is 1. The molecule has 0 saturated carbocycles.